The molecule has 0 aromatic rings. The van der Waals surface area contributed by atoms with E-state index in [1.54, 1.807) is 0 Å². The van der Waals surface area contributed by atoms with Gasteiger partial charge in [-0.2, -0.15) is 0 Å². The van der Waals surface area contributed by atoms with Gasteiger partial charge in [0.25, 0.3) is 0 Å². The summed E-state index contributed by atoms with van der Waals surface area (Å²) < 4.78 is 0. The number of hydrogen-bond acceptors (Lipinski definition) is 2. The van der Waals surface area contributed by atoms with E-state index in [9.17, 15) is 0 Å². The lowest BCUT2D eigenvalue weighted by Gasteiger charge is -2.38. The quantitative estimate of drug-likeness (QED) is 0.687. The average molecular weight is 216 g/mol. The molecule has 0 saturated carbocycles. The molecule has 0 spiro atoms. The fourth-order valence-corrected chi connectivity index (χ4v) is 4.64. The molecule has 0 unspecified atom stereocenters. The summed E-state index contributed by atoms with van der Waals surface area (Å²) in [5.74, 6) is 0. The molecule has 2 nitrogen and oxygen atoms in total. The molecule has 0 bridgehead atoms. The van der Waals surface area contributed by atoms with Gasteiger partial charge in [0.05, 0.1) is 0 Å². The van der Waals surface area contributed by atoms with Crippen LogP contribution in [0.25, 0.3) is 0 Å². The van der Waals surface area contributed by atoms with E-state index in [0.717, 1.165) is 6.54 Å². The number of nitrogens with zero attached hydrogens (tertiary/aromatic N) is 1. The van der Waals surface area contributed by atoms with Gasteiger partial charge in [-0.1, -0.05) is 20.4 Å². The van der Waals surface area contributed by atoms with Crippen LogP contribution in [0.3, 0.4) is 0 Å². The predicted octanol–water partition coefficient (Wildman–Crippen LogP) is 2.53. The Morgan fingerprint density at radius 3 is 1.86 bits per heavy atom. The van der Waals surface area contributed by atoms with Crippen molar-refractivity contribution in [3.05, 3.63) is 0 Å². The Morgan fingerprint density at radius 1 is 1.14 bits per heavy atom. The first kappa shape index (κ1) is 14.1. The minimum atomic E-state index is -1.18. The van der Waals surface area contributed by atoms with Gasteiger partial charge in [0.15, 0.2) is 0 Å². The zero-order valence-corrected chi connectivity index (χ0v) is 12.1. The summed E-state index contributed by atoms with van der Waals surface area (Å²) in [4.78, 5) is 6.15. The average Bonchev–Trinajstić information content (AvgIpc) is 2.01. The van der Waals surface area contributed by atoms with Crippen LogP contribution in [0.4, 0.5) is 0 Å². The Balaban J connectivity index is 4.32. The zero-order valence-electron chi connectivity index (χ0n) is 11.1. The molecule has 0 heterocycles. The third-order valence-electron chi connectivity index (χ3n) is 2.91. The van der Waals surface area contributed by atoms with Gasteiger partial charge < -0.3 is 9.88 Å². The Morgan fingerprint density at radius 2 is 1.57 bits per heavy atom. The Labute approximate surface area is 91.2 Å². The second kappa shape index (κ2) is 5.28. The summed E-state index contributed by atoms with van der Waals surface area (Å²) in [6.07, 6.45) is 0. The number of nitrogens with one attached hydrogen (secondary N) is 1. The van der Waals surface area contributed by atoms with Crippen LogP contribution in [-0.2, 0) is 0 Å². The molecule has 1 N–H and O–H groups in total. The molecule has 0 saturated heterocycles. The monoisotopic (exact) mass is 216 g/mol. The maximum Gasteiger partial charge on any atom is 0.122 e. The van der Waals surface area contributed by atoms with Gasteiger partial charge in [-0.25, -0.2) is 0 Å². The first-order valence-electron chi connectivity index (χ1n) is 5.69. The van der Waals surface area contributed by atoms with Gasteiger partial charge in [0.1, 0.15) is 8.24 Å². The lowest BCUT2D eigenvalue weighted by Crippen LogP contribution is -2.60. The predicted molar refractivity (Wildman–Crippen MR) is 68.3 cm³/mol. The molecule has 0 aromatic carbocycles. The molecule has 0 amide bonds. The van der Waals surface area contributed by atoms with Crippen molar-refractivity contribution in [2.75, 3.05) is 20.6 Å². The summed E-state index contributed by atoms with van der Waals surface area (Å²) in [6.45, 7) is 12.8. The summed E-state index contributed by atoms with van der Waals surface area (Å²) in [5, 5.41) is 0. The van der Waals surface area contributed by atoms with E-state index in [4.69, 9.17) is 0 Å². The highest BCUT2D eigenvalue weighted by molar-refractivity contribution is 6.76. The van der Waals surface area contributed by atoms with Gasteiger partial charge >= 0.3 is 0 Å². The van der Waals surface area contributed by atoms with Crippen molar-refractivity contribution < 1.29 is 0 Å². The Bertz CT molecular complexity index is 163. The minimum absolute atomic E-state index is 0.247. The third kappa shape index (κ3) is 5.13. The molecule has 0 aliphatic rings. The van der Waals surface area contributed by atoms with Crippen LogP contribution in [0.1, 0.15) is 27.7 Å². The summed E-state index contributed by atoms with van der Waals surface area (Å²) >= 11 is 0. The van der Waals surface area contributed by atoms with Crippen LogP contribution in [0, 0.1) is 0 Å². The van der Waals surface area contributed by atoms with Crippen molar-refractivity contribution in [2.45, 2.75) is 51.9 Å². The number of rotatable bonds is 6. The van der Waals surface area contributed by atoms with Crippen LogP contribution in [-0.4, -0.2) is 39.3 Å². The van der Waals surface area contributed by atoms with Gasteiger partial charge in [-0.05, 0) is 40.0 Å². The van der Waals surface area contributed by atoms with Gasteiger partial charge in [0.2, 0.25) is 0 Å². The van der Waals surface area contributed by atoms with E-state index in [-0.39, 0.29) is 5.54 Å². The second-order valence-electron chi connectivity index (χ2n) is 5.51. The summed E-state index contributed by atoms with van der Waals surface area (Å²) in [6, 6.07) is 2.64. The molecule has 3 heteroatoms. The first-order valence-corrected chi connectivity index (χ1v) is 8.60. The fraction of sp³-hybridized carbons (Fsp3) is 1.00. The minimum Gasteiger partial charge on any atom is -0.331 e. The van der Waals surface area contributed by atoms with Gasteiger partial charge in [-0.15, -0.1) is 0 Å². The highest BCUT2D eigenvalue weighted by Gasteiger charge is 2.30. The lowest BCUT2D eigenvalue weighted by atomic mass is 10.1. The zero-order chi connectivity index (χ0) is 11.4. The van der Waals surface area contributed by atoms with Crippen molar-refractivity contribution >= 4 is 8.24 Å². The molecule has 0 atom stereocenters. The normalized spacial score (nSPS) is 13.7. The molecule has 0 radical (unpaired) electrons. The van der Waals surface area contributed by atoms with E-state index in [0.29, 0.717) is 0 Å². The standard InChI is InChI=1S/C11H28N2Si/c1-8-14(7,9-2)12-11(3,4)10-13(5)6/h12H,8-10H2,1-7H3. The molecular formula is C11H28N2Si. The number of hydrogen-bond donors (Lipinski definition) is 1. The van der Waals surface area contributed by atoms with Crippen molar-refractivity contribution in [3.63, 3.8) is 0 Å². The number of likely N-dealkylation sites (N-methyl/N-ethyl adjacent to an activating group) is 1. The molecular weight excluding hydrogens is 188 g/mol. The van der Waals surface area contributed by atoms with Crippen LogP contribution in [0.2, 0.25) is 18.6 Å². The van der Waals surface area contributed by atoms with E-state index in [2.05, 4.69) is 58.2 Å². The maximum absolute atomic E-state index is 3.90. The van der Waals surface area contributed by atoms with Crippen molar-refractivity contribution in [3.8, 4) is 0 Å². The van der Waals surface area contributed by atoms with Crippen LogP contribution in [0.15, 0.2) is 0 Å². The van der Waals surface area contributed by atoms with Crippen molar-refractivity contribution in [1.82, 2.24) is 9.88 Å². The van der Waals surface area contributed by atoms with Crippen molar-refractivity contribution in [2.24, 2.45) is 0 Å². The largest absolute Gasteiger partial charge is 0.331 e. The van der Waals surface area contributed by atoms with E-state index in [1.807, 2.05) is 0 Å². The van der Waals surface area contributed by atoms with Gasteiger partial charge in [-0.3, -0.25) is 0 Å². The molecule has 0 rings (SSSR count). The van der Waals surface area contributed by atoms with Crippen LogP contribution < -0.4 is 4.98 Å². The Kier molecular flexibility index (Phi) is 5.34. The molecule has 0 fully saturated rings. The van der Waals surface area contributed by atoms with E-state index >= 15 is 0 Å². The molecule has 14 heavy (non-hydrogen) atoms. The summed E-state index contributed by atoms with van der Waals surface area (Å²) in [7, 11) is 3.10. The molecule has 86 valence electrons. The maximum atomic E-state index is 3.90. The topological polar surface area (TPSA) is 15.3 Å². The fourth-order valence-electron chi connectivity index (χ4n) is 2.07. The molecule has 0 aliphatic heterocycles. The smallest absolute Gasteiger partial charge is 0.122 e. The van der Waals surface area contributed by atoms with Crippen molar-refractivity contribution in [1.29, 1.82) is 0 Å². The summed E-state index contributed by atoms with van der Waals surface area (Å²) in [5.41, 5.74) is 0.247. The highest BCUT2D eigenvalue weighted by Crippen LogP contribution is 2.16. The Hall–Kier alpha value is 0.137. The first-order chi connectivity index (χ1) is 6.24. The van der Waals surface area contributed by atoms with E-state index in [1.165, 1.54) is 12.1 Å². The van der Waals surface area contributed by atoms with Crippen LogP contribution >= 0.6 is 0 Å². The molecule has 0 aliphatic carbocycles. The highest BCUT2D eigenvalue weighted by atomic mass is 28.3. The third-order valence-corrected chi connectivity index (χ3v) is 7.31. The SMILES string of the molecule is CC[Si](C)(CC)NC(C)(C)CN(C)C. The van der Waals surface area contributed by atoms with E-state index < -0.39 is 8.24 Å². The lowest BCUT2D eigenvalue weighted by molar-refractivity contribution is 0.296. The molecule has 0 aromatic heterocycles. The van der Waals surface area contributed by atoms with Crippen LogP contribution in [0.5, 0.6) is 0 Å². The van der Waals surface area contributed by atoms with Gasteiger partial charge in [0, 0.05) is 12.1 Å². The second-order valence-corrected chi connectivity index (χ2v) is 10.3.